The number of imide groups is 1. The van der Waals surface area contributed by atoms with Crippen LogP contribution in [0.3, 0.4) is 0 Å². The second-order valence-corrected chi connectivity index (χ2v) is 6.34. The summed E-state index contributed by atoms with van der Waals surface area (Å²) in [4.78, 5) is 26.4. The van der Waals surface area contributed by atoms with Crippen LogP contribution >= 0.6 is 23.4 Å². The van der Waals surface area contributed by atoms with Crippen molar-refractivity contribution in [1.29, 1.82) is 0 Å². The fourth-order valence-electron chi connectivity index (χ4n) is 2.34. The number of ether oxygens (including phenoxy) is 1. The van der Waals surface area contributed by atoms with E-state index in [0.717, 1.165) is 22.2 Å². The Kier molecular flexibility index (Phi) is 4.92. The Morgan fingerprint density at radius 3 is 2.58 bits per heavy atom. The van der Waals surface area contributed by atoms with Crippen LogP contribution in [-0.4, -0.2) is 17.8 Å². The number of hydrogen-bond acceptors (Lipinski definition) is 4. The molecule has 122 valence electrons. The average molecular weight is 360 g/mol. The lowest BCUT2D eigenvalue weighted by Crippen LogP contribution is -2.27. The van der Waals surface area contributed by atoms with E-state index in [9.17, 15) is 9.59 Å². The zero-order chi connectivity index (χ0) is 17.1. The second kappa shape index (κ2) is 7.11. The monoisotopic (exact) mass is 359 g/mol. The molecule has 0 aromatic heterocycles. The first kappa shape index (κ1) is 16.6. The van der Waals surface area contributed by atoms with Crippen molar-refractivity contribution in [3.63, 3.8) is 0 Å². The number of rotatable bonds is 4. The molecule has 0 bridgehead atoms. The van der Waals surface area contributed by atoms with Gasteiger partial charge in [0.2, 0.25) is 0 Å². The maximum atomic E-state index is 12.7. The van der Waals surface area contributed by atoms with Crippen molar-refractivity contribution in [3.05, 3.63) is 64.0 Å². The first-order valence-corrected chi connectivity index (χ1v) is 8.55. The molecular formula is C18H14ClNO3S. The van der Waals surface area contributed by atoms with Crippen LogP contribution in [0.25, 0.3) is 6.08 Å². The summed E-state index contributed by atoms with van der Waals surface area (Å²) in [6.45, 7) is 2.41. The van der Waals surface area contributed by atoms with Crippen LogP contribution in [0.15, 0.2) is 53.4 Å². The molecule has 0 atom stereocenters. The van der Waals surface area contributed by atoms with Crippen molar-refractivity contribution < 1.29 is 14.3 Å². The van der Waals surface area contributed by atoms with Crippen molar-refractivity contribution in [2.24, 2.45) is 0 Å². The number of para-hydroxylation sites is 2. The molecule has 0 radical (unpaired) electrons. The minimum Gasteiger partial charge on any atom is -0.493 e. The zero-order valence-electron chi connectivity index (χ0n) is 12.9. The molecular weight excluding hydrogens is 346 g/mol. The highest BCUT2D eigenvalue weighted by atomic mass is 35.5. The van der Waals surface area contributed by atoms with Crippen LogP contribution in [0.5, 0.6) is 5.75 Å². The highest BCUT2D eigenvalue weighted by molar-refractivity contribution is 8.19. The summed E-state index contributed by atoms with van der Waals surface area (Å²) >= 11 is 7.01. The van der Waals surface area contributed by atoms with E-state index < -0.39 is 0 Å². The topological polar surface area (TPSA) is 46.6 Å². The number of nitrogens with zero attached hydrogens (tertiary/aromatic N) is 1. The fraction of sp³-hybridized carbons (Fsp3) is 0.111. The number of benzene rings is 2. The van der Waals surface area contributed by atoms with Gasteiger partial charge in [0.1, 0.15) is 5.75 Å². The standard InChI is InChI=1S/C18H14ClNO3S/c1-2-23-15-10-6-3-7-12(15)11-16-17(21)20(18(22)24-16)14-9-5-4-8-13(14)19/h3-11H,2H2,1H3/b16-11-. The molecule has 3 rings (SSSR count). The molecule has 2 aromatic carbocycles. The van der Waals surface area contributed by atoms with Gasteiger partial charge in [0.25, 0.3) is 11.1 Å². The van der Waals surface area contributed by atoms with Gasteiger partial charge in [-0.15, -0.1) is 0 Å². The van der Waals surface area contributed by atoms with E-state index in [1.165, 1.54) is 0 Å². The Morgan fingerprint density at radius 1 is 1.12 bits per heavy atom. The van der Waals surface area contributed by atoms with Gasteiger partial charge in [-0.2, -0.15) is 0 Å². The molecule has 0 saturated carbocycles. The van der Waals surface area contributed by atoms with Gasteiger partial charge in [-0.25, -0.2) is 4.90 Å². The molecule has 1 fully saturated rings. The molecule has 4 nitrogen and oxygen atoms in total. The molecule has 0 spiro atoms. The first-order chi connectivity index (χ1) is 11.6. The number of anilines is 1. The summed E-state index contributed by atoms with van der Waals surface area (Å²) in [6.07, 6.45) is 1.67. The van der Waals surface area contributed by atoms with Gasteiger partial charge < -0.3 is 4.74 Å². The fourth-order valence-corrected chi connectivity index (χ4v) is 3.38. The van der Waals surface area contributed by atoms with Gasteiger partial charge in [0.05, 0.1) is 22.2 Å². The lowest BCUT2D eigenvalue weighted by molar-refractivity contribution is -0.113. The minimum atomic E-state index is -0.385. The molecule has 2 amide bonds. The van der Waals surface area contributed by atoms with Crippen molar-refractivity contribution in [2.75, 3.05) is 11.5 Å². The molecule has 1 aliphatic heterocycles. The van der Waals surface area contributed by atoms with Gasteiger partial charge in [0.15, 0.2) is 0 Å². The van der Waals surface area contributed by atoms with Crippen LogP contribution in [0.2, 0.25) is 5.02 Å². The third-order valence-corrected chi connectivity index (χ3v) is 4.58. The molecule has 0 unspecified atom stereocenters. The van der Waals surface area contributed by atoms with Gasteiger partial charge in [-0.05, 0) is 43.0 Å². The van der Waals surface area contributed by atoms with Crippen molar-refractivity contribution in [2.45, 2.75) is 6.92 Å². The SMILES string of the molecule is CCOc1ccccc1/C=C1\SC(=O)N(c2ccccc2Cl)C1=O. The molecule has 6 heteroatoms. The van der Waals surface area contributed by atoms with E-state index in [2.05, 4.69) is 0 Å². The maximum Gasteiger partial charge on any atom is 0.298 e. The number of carbonyl (C=O) groups excluding carboxylic acids is 2. The van der Waals surface area contributed by atoms with Crippen molar-refractivity contribution >= 4 is 46.3 Å². The lowest BCUT2D eigenvalue weighted by atomic mass is 10.2. The smallest absolute Gasteiger partial charge is 0.298 e. The highest BCUT2D eigenvalue weighted by Gasteiger charge is 2.37. The minimum absolute atomic E-state index is 0.340. The number of halogens is 1. The third kappa shape index (κ3) is 3.18. The summed E-state index contributed by atoms with van der Waals surface area (Å²) in [5, 5.41) is -0.0102. The van der Waals surface area contributed by atoms with Gasteiger partial charge in [0, 0.05) is 5.56 Å². The van der Waals surface area contributed by atoms with Crippen LogP contribution in [-0.2, 0) is 4.79 Å². The van der Waals surface area contributed by atoms with Crippen LogP contribution in [0.1, 0.15) is 12.5 Å². The Balaban J connectivity index is 1.96. The quantitative estimate of drug-likeness (QED) is 0.722. The average Bonchev–Trinajstić information content (AvgIpc) is 2.84. The van der Waals surface area contributed by atoms with E-state index in [4.69, 9.17) is 16.3 Å². The van der Waals surface area contributed by atoms with Crippen molar-refractivity contribution in [1.82, 2.24) is 0 Å². The number of hydrogen-bond donors (Lipinski definition) is 0. The van der Waals surface area contributed by atoms with Gasteiger partial charge >= 0.3 is 0 Å². The van der Waals surface area contributed by atoms with E-state index in [-0.39, 0.29) is 11.1 Å². The first-order valence-electron chi connectivity index (χ1n) is 7.36. The predicted octanol–water partition coefficient (Wildman–Crippen LogP) is 4.98. The molecule has 0 aliphatic carbocycles. The number of thioether (sulfide) groups is 1. The summed E-state index contributed by atoms with van der Waals surface area (Å²) in [5.41, 5.74) is 1.15. The molecule has 1 aliphatic rings. The Labute approximate surface area is 149 Å². The van der Waals surface area contributed by atoms with E-state index in [0.29, 0.717) is 28.0 Å². The summed E-state index contributed by atoms with van der Waals surface area (Å²) in [6, 6.07) is 14.2. The molecule has 2 aromatic rings. The second-order valence-electron chi connectivity index (χ2n) is 4.94. The van der Waals surface area contributed by atoms with E-state index in [1.807, 2.05) is 31.2 Å². The Bertz CT molecular complexity index is 835. The largest absolute Gasteiger partial charge is 0.493 e. The molecule has 24 heavy (non-hydrogen) atoms. The Hall–Kier alpha value is -2.24. The summed E-state index contributed by atoms with van der Waals surface area (Å²) in [7, 11) is 0. The lowest BCUT2D eigenvalue weighted by Gasteiger charge is -2.13. The van der Waals surface area contributed by atoms with Crippen LogP contribution < -0.4 is 9.64 Å². The third-order valence-electron chi connectivity index (χ3n) is 3.39. The van der Waals surface area contributed by atoms with Crippen molar-refractivity contribution in [3.8, 4) is 5.75 Å². The normalized spacial score (nSPS) is 16.1. The van der Waals surface area contributed by atoms with E-state index >= 15 is 0 Å². The van der Waals surface area contributed by atoms with Gasteiger partial charge in [-0.3, -0.25) is 9.59 Å². The molecule has 1 saturated heterocycles. The van der Waals surface area contributed by atoms with Crippen LogP contribution in [0.4, 0.5) is 10.5 Å². The highest BCUT2D eigenvalue weighted by Crippen LogP contribution is 2.39. The zero-order valence-corrected chi connectivity index (χ0v) is 14.4. The maximum absolute atomic E-state index is 12.7. The summed E-state index contributed by atoms with van der Waals surface area (Å²) in [5.74, 6) is 0.286. The van der Waals surface area contributed by atoms with Gasteiger partial charge in [-0.1, -0.05) is 41.9 Å². The number of carbonyl (C=O) groups is 2. The molecule has 1 heterocycles. The predicted molar refractivity (Wildman–Crippen MR) is 97.5 cm³/mol. The number of amides is 2. The van der Waals surface area contributed by atoms with E-state index in [1.54, 1.807) is 30.3 Å². The molecule has 0 N–H and O–H groups in total. The van der Waals surface area contributed by atoms with Crippen LogP contribution in [0, 0.1) is 0 Å². The summed E-state index contributed by atoms with van der Waals surface area (Å²) < 4.78 is 5.56. The Morgan fingerprint density at radius 2 is 1.83 bits per heavy atom.